The number of fused-ring (bicyclic) bond motifs is 4. The molecule has 3 aromatic carbocycles. The first-order valence-electron chi connectivity index (χ1n) is 13.1. The first-order valence-corrected chi connectivity index (χ1v) is 13.1. The van der Waals surface area contributed by atoms with E-state index >= 15 is 0 Å². The van der Waals surface area contributed by atoms with Gasteiger partial charge in [0, 0.05) is 30.1 Å². The van der Waals surface area contributed by atoms with Crippen LogP contribution in [-0.2, 0) is 19.4 Å². The SMILES string of the molecule is COc1cc2c(cc1CN[C@H]1C3CCN(CC3)[C@H]1C(c1ccccc1)c1ccccc1)CCC2. The molecule has 3 heterocycles. The van der Waals surface area contributed by atoms with Crippen LogP contribution < -0.4 is 10.1 Å². The van der Waals surface area contributed by atoms with Crippen LogP contribution in [0.1, 0.15) is 53.0 Å². The lowest BCUT2D eigenvalue weighted by molar-refractivity contribution is 0.00462. The molecule has 3 heteroatoms. The first kappa shape index (κ1) is 21.9. The van der Waals surface area contributed by atoms with Gasteiger partial charge in [-0.15, -0.1) is 0 Å². The third-order valence-electron chi connectivity index (χ3n) is 8.55. The molecule has 0 unspecified atom stereocenters. The standard InChI is InChI=1S/C31H36N2O/c1-34-28-20-26-14-8-13-25(26)19-27(28)21-32-30-24-15-17-33(18-16-24)31(30)29(22-9-4-2-5-10-22)23-11-6-3-7-12-23/h2-7,9-12,19-20,24,29-32H,8,13-18,21H2,1H3/t30-,31-/m0/s1. The molecule has 34 heavy (non-hydrogen) atoms. The van der Waals surface area contributed by atoms with E-state index in [0.29, 0.717) is 18.0 Å². The summed E-state index contributed by atoms with van der Waals surface area (Å²) >= 11 is 0. The summed E-state index contributed by atoms with van der Waals surface area (Å²) in [5.41, 5.74) is 7.17. The molecule has 3 nitrogen and oxygen atoms in total. The van der Waals surface area contributed by atoms with Crippen LogP contribution in [0.15, 0.2) is 72.8 Å². The fourth-order valence-electron chi connectivity index (χ4n) is 6.90. The molecule has 4 aliphatic rings. The topological polar surface area (TPSA) is 24.5 Å². The minimum atomic E-state index is 0.366. The Hall–Kier alpha value is -2.62. The third-order valence-corrected chi connectivity index (χ3v) is 8.55. The highest BCUT2D eigenvalue weighted by Gasteiger charge is 2.46. The van der Waals surface area contributed by atoms with Crippen LogP contribution in [0.5, 0.6) is 5.75 Å². The molecule has 0 amide bonds. The van der Waals surface area contributed by atoms with Crippen LogP contribution in [0.4, 0.5) is 0 Å². The minimum absolute atomic E-state index is 0.366. The van der Waals surface area contributed by atoms with Crippen molar-refractivity contribution >= 4 is 0 Å². The molecule has 3 aromatic rings. The van der Waals surface area contributed by atoms with Gasteiger partial charge in [-0.25, -0.2) is 0 Å². The highest BCUT2D eigenvalue weighted by Crippen LogP contribution is 2.42. The van der Waals surface area contributed by atoms with Gasteiger partial charge in [0.25, 0.3) is 0 Å². The maximum Gasteiger partial charge on any atom is 0.123 e. The van der Waals surface area contributed by atoms with Gasteiger partial charge in [-0.1, -0.05) is 66.7 Å². The van der Waals surface area contributed by atoms with Crippen molar-refractivity contribution in [2.24, 2.45) is 5.92 Å². The molecule has 0 aromatic heterocycles. The van der Waals surface area contributed by atoms with Crippen LogP contribution in [0.3, 0.4) is 0 Å². The molecule has 176 valence electrons. The summed E-state index contributed by atoms with van der Waals surface area (Å²) in [5, 5.41) is 4.08. The number of benzene rings is 3. The second-order valence-electron chi connectivity index (χ2n) is 10.4. The molecule has 2 bridgehead atoms. The fraction of sp³-hybridized carbons (Fsp3) is 0.419. The zero-order valence-corrected chi connectivity index (χ0v) is 20.2. The quantitative estimate of drug-likeness (QED) is 0.507. The largest absolute Gasteiger partial charge is 0.496 e. The summed E-state index contributed by atoms with van der Waals surface area (Å²) in [6.07, 6.45) is 6.26. The van der Waals surface area contributed by atoms with Crippen LogP contribution in [0.2, 0.25) is 0 Å². The Bertz CT molecular complexity index is 1070. The van der Waals surface area contributed by atoms with Gasteiger partial charge in [0.15, 0.2) is 0 Å². The van der Waals surface area contributed by atoms with Crippen LogP contribution in [0, 0.1) is 5.92 Å². The highest BCUT2D eigenvalue weighted by atomic mass is 16.5. The Morgan fingerprint density at radius 2 is 1.50 bits per heavy atom. The van der Waals surface area contributed by atoms with Crippen molar-refractivity contribution in [3.05, 3.63) is 101 Å². The molecule has 7 rings (SSSR count). The summed E-state index contributed by atoms with van der Waals surface area (Å²) in [7, 11) is 1.82. The van der Waals surface area contributed by atoms with E-state index < -0.39 is 0 Å². The van der Waals surface area contributed by atoms with Gasteiger partial charge in [-0.3, -0.25) is 4.90 Å². The first-order chi connectivity index (χ1) is 16.8. The van der Waals surface area contributed by atoms with Gasteiger partial charge < -0.3 is 10.1 Å². The normalized spacial score (nSPS) is 25.5. The molecule has 1 N–H and O–H groups in total. The zero-order valence-electron chi connectivity index (χ0n) is 20.2. The van der Waals surface area contributed by atoms with Gasteiger partial charge in [0.05, 0.1) is 7.11 Å². The van der Waals surface area contributed by atoms with E-state index in [-0.39, 0.29) is 0 Å². The van der Waals surface area contributed by atoms with E-state index in [1.165, 1.54) is 73.0 Å². The zero-order chi connectivity index (χ0) is 22.9. The smallest absolute Gasteiger partial charge is 0.123 e. The van der Waals surface area contributed by atoms with Crippen molar-refractivity contribution in [1.82, 2.24) is 10.2 Å². The van der Waals surface area contributed by atoms with Crippen molar-refractivity contribution in [1.29, 1.82) is 0 Å². The van der Waals surface area contributed by atoms with Crippen molar-refractivity contribution in [3.63, 3.8) is 0 Å². The maximum absolute atomic E-state index is 5.83. The van der Waals surface area contributed by atoms with Crippen LogP contribution in [-0.4, -0.2) is 37.2 Å². The number of piperidine rings is 3. The van der Waals surface area contributed by atoms with Gasteiger partial charge in [-0.2, -0.15) is 0 Å². The summed E-state index contributed by atoms with van der Waals surface area (Å²) in [4.78, 5) is 2.77. The molecule has 0 radical (unpaired) electrons. The van der Waals surface area contributed by atoms with E-state index in [4.69, 9.17) is 4.74 Å². The molecule has 0 spiro atoms. The van der Waals surface area contributed by atoms with E-state index in [1.54, 1.807) is 0 Å². The Morgan fingerprint density at radius 1 is 0.882 bits per heavy atom. The third kappa shape index (κ3) is 4.06. The van der Waals surface area contributed by atoms with Crippen LogP contribution >= 0.6 is 0 Å². The number of ether oxygens (including phenoxy) is 1. The average molecular weight is 453 g/mol. The van der Waals surface area contributed by atoms with Crippen molar-refractivity contribution in [2.45, 2.75) is 56.7 Å². The molecular formula is C31H36N2O. The maximum atomic E-state index is 5.83. The monoisotopic (exact) mass is 452 g/mol. The number of aryl methyl sites for hydroxylation is 2. The average Bonchev–Trinajstić information content (AvgIpc) is 3.37. The van der Waals surface area contributed by atoms with Gasteiger partial charge in [0.1, 0.15) is 5.75 Å². The number of rotatable bonds is 7. The molecule has 3 saturated heterocycles. The van der Waals surface area contributed by atoms with Crippen molar-refractivity contribution < 1.29 is 4.74 Å². The predicted molar refractivity (Wildman–Crippen MR) is 138 cm³/mol. The Labute approximate surface area is 204 Å². The molecule has 0 saturated carbocycles. The fourth-order valence-corrected chi connectivity index (χ4v) is 6.90. The molecule has 3 fully saturated rings. The lowest BCUT2D eigenvalue weighted by Gasteiger charge is -2.54. The summed E-state index contributed by atoms with van der Waals surface area (Å²) < 4.78 is 5.83. The van der Waals surface area contributed by atoms with E-state index in [2.05, 4.69) is 83.0 Å². The Balaban J connectivity index is 1.33. The highest BCUT2D eigenvalue weighted by molar-refractivity contribution is 5.45. The van der Waals surface area contributed by atoms with E-state index in [9.17, 15) is 0 Å². The minimum Gasteiger partial charge on any atom is -0.496 e. The summed E-state index contributed by atoms with van der Waals surface area (Å²) in [5.74, 6) is 2.14. The number of hydrogen-bond acceptors (Lipinski definition) is 3. The van der Waals surface area contributed by atoms with Crippen molar-refractivity contribution in [3.8, 4) is 5.75 Å². The van der Waals surface area contributed by atoms with Gasteiger partial charge in [-0.05, 0) is 79.4 Å². The molecule has 2 atom stereocenters. The second-order valence-corrected chi connectivity index (χ2v) is 10.4. The Morgan fingerprint density at radius 3 is 2.12 bits per heavy atom. The van der Waals surface area contributed by atoms with Crippen LogP contribution in [0.25, 0.3) is 0 Å². The summed E-state index contributed by atoms with van der Waals surface area (Å²) in [6, 6.07) is 28.0. The van der Waals surface area contributed by atoms with E-state index in [1.807, 2.05) is 7.11 Å². The molecule has 1 aliphatic carbocycles. The molecular weight excluding hydrogens is 416 g/mol. The summed E-state index contributed by atoms with van der Waals surface area (Å²) in [6.45, 7) is 3.30. The van der Waals surface area contributed by atoms with E-state index in [0.717, 1.165) is 18.2 Å². The molecule has 3 aliphatic heterocycles. The van der Waals surface area contributed by atoms with Gasteiger partial charge >= 0.3 is 0 Å². The lowest BCUT2D eigenvalue weighted by atomic mass is 9.70. The van der Waals surface area contributed by atoms with Crippen molar-refractivity contribution in [2.75, 3.05) is 20.2 Å². The lowest BCUT2D eigenvalue weighted by Crippen LogP contribution is -2.64. The number of nitrogens with zero attached hydrogens (tertiary/aromatic N) is 1. The Kier molecular flexibility index (Phi) is 6.15. The number of methoxy groups -OCH3 is 1. The second kappa shape index (κ2) is 9.56. The number of nitrogens with one attached hydrogen (secondary N) is 1. The number of hydrogen-bond donors (Lipinski definition) is 1. The predicted octanol–water partition coefficient (Wildman–Crippen LogP) is 5.57. The van der Waals surface area contributed by atoms with Gasteiger partial charge in [0.2, 0.25) is 0 Å².